The lowest BCUT2D eigenvalue weighted by Crippen LogP contribution is -1.86. The molecule has 0 saturated carbocycles. The first-order chi connectivity index (χ1) is 6.09. The third-order valence-electron chi connectivity index (χ3n) is 1.45. The minimum absolute atomic E-state index is 0.148. The van der Waals surface area contributed by atoms with E-state index in [0.717, 1.165) is 20.3 Å². The van der Waals surface area contributed by atoms with E-state index in [0.29, 0.717) is 0 Å². The van der Waals surface area contributed by atoms with Crippen LogP contribution in [0.15, 0.2) is 27.1 Å². The molecule has 0 fully saturated rings. The van der Waals surface area contributed by atoms with Crippen LogP contribution in [0, 0.1) is 0 Å². The van der Waals surface area contributed by atoms with E-state index in [-0.39, 0.29) is 5.12 Å². The van der Waals surface area contributed by atoms with Crippen LogP contribution in [0.3, 0.4) is 0 Å². The molecule has 0 aliphatic heterocycles. The molecule has 0 spiro atoms. The molecule has 0 heterocycles. The standard InChI is InChI=1S/C9H8Br2OS/c1-6(12)13-5-7-2-3-8(10)4-9(7)11/h2-4H,5H2,1H3. The van der Waals surface area contributed by atoms with Crippen molar-refractivity contribution >= 4 is 48.7 Å². The fourth-order valence-electron chi connectivity index (χ4n) is 0.818. The quantitative estimate of drug-likeness (QED) is 0.818. The second-order valence-corrected chi connectivity index (χ2v) is 5.44. The van der Waals surface area contributed by atoms with Crippen LogP contribution in [-0.4, -0.2) is 5.12 Å². The number of hydrogen-bond acceptors (Lipinski definition) is 2. The van der Waals surface area contributed by atoms with E-state index in [2.05, 4.69) is 31.9 Å². The number of benzene rings is 1. The molecule has 1 nitrogen and oxygen atoms in total. The second kappa shape index (κ2) is 5.17. The van der Waals surface area contributed by atoms with Crippen molar-refractivity contribution in [3.8, 4) is 0 Å². The lowest BCUT2D eigenvalue weighted by molar-refractivity contribution is -0.109. The van der Waals surface area contributed by atoms with E-state index in [9.17, 15) is 4.79 Å². The molecular formula is C9H8Br2OS. The van der Waals surface area contributed by atoms with Gasteiger partial charge in [-0.3, -0.25) is 4.79 Å². The molecule has 1 aromatic rings. The normalized spacial score (nSPS) is 10.1. The SMILES string of the molecule is CC(=O)SCc1ccc(Br)cc1Br. The first-order valence-electron chi connectivity index (χ1n) is 3.67. The average molecular weight is 324 g/mol. The fourth-order valence-corrected chi connectivity index (χ4v) is 2.80. The zero-order chi connectivity index (χ0) is 9.84. The van der Waals surface area contributed by atoms with Gasteiger partial charge < -0.3 is 0 Å². The lowest BCUT2D eigenvalue weighted by atomic mass is 10.2. The molecule has 0 amide bonds. The van der Waals surface area contributed by atoms with Gasteiger partial charge in [0.25, 0.3) is 0 Å². The summed E-state index contributed by atoms with van der Waals surface area (Å²) in [5.41, 5.74) is 1.14. The van der Waals surface area contributed by atoms with Crippen LogP contribution in [0.4, 0.5) is 0 Å². The van der Waals surface area contributed by atoms with Crippen molar-refractivity contribution in [3.05, 3.63) is 32.7 Å². The minimum atomic E-state index is 0.148. The number of hydrogen-bond donors (Lipinski definition) is 0. The summed E-state index contributed by atoms with van der Waals surface area (Å²) in [6, 6.07) is 5.96. The number of carbonyl (C=O) groups excluding carboxylic acids is 1. The summed E-state index contributed by atoms with van der Waals surface area (Å²) >= 11 is 8.14. The van der Waals surface area contributed by atoms with Gasteiger partial charge in [0.2, 0.25) is 0 Å². The molecule has 0 atom stereocenters. The monoisotopic (exact) mass is 322 g/mol. The summed E-state index contributed by atoms with van der Waals surface area (Å²) in [6.07, 6.45) is 0. The molecule has 0 unspecified atom stereocenters. The van der Waals surface area contributed by atoms with E-state index in [1.54, 1.807) is 6.92 Å². The van der Waals surface area contributed by atoms with Gasteiger partial charge in [-0.1, -0.05) is 49.7 Å². The summed E-state index contributed by atoms with van der Waals surface area (Å²) in [5.74, 6) is 0.725. The predicted molar refractivity (Wildman–Crippen MR) is 63.8 cm³/mol. The first kappa shape index (κ1) is 11.3. The third-order valence-corrected chi connectivity index (χ3v) is 3.54. The zero-order valence-electron chi connectivity index (χ0n) is 7.01. The Labute approximate surface area is 98.5 Å². The van der Waals surface area contributed by atoms with Crippen LogP contribution >= 0.6 is 43.6 Å². The topological polar surface area (TPSA) is 17.1 Å². The highest BCUT2D eigenvalue weighted by Gasteiger charge is 2.02. The fraction of sp³-hybridized carbons (Fsp3) is 0.222. The largest absolute Gasteiger partial charge is 0.288 e. The molecule has 4 heteroatoms. The van der Waals surface area contributed by atoms with Crippen molar-refractivity contribution in [2.24, 2.45) is 0 Å². The van der Waals surface area contributed by atoms with E-state index in [1.807, 2.05) is 18.2 Å². The first-order valence-corrected chi connectivity index (χ1v) is 6.24. The van der Waals surface area contributed by atoms with Gasteiger partial charge in [-0.15, -0.1) is 0 Å². The highest BCUT2D eigenvalue weighted by atomic mass is 79.9. The van der Waals surface area contributed by atoms with Gasteiger partial charge in [-0.25, -0.2) is 0 Å². The van der Waals surface area contributed by atoms with Crippen molar-refractivity contribution in [2.45, 2.75) is 12.7 Å². The van der Waals surface area contributed by atoms with Gasteiger partial charge in [0.1, 0.15) is 0 Å². The highest BCUT2D eigenvalue weighted by molar-refractivity contribution is 9.11. The Hall–Kier alpha value is 0.200. The molecule has 0 bridgehead atoms. The van der Waals surface area contributed by atoms with Crippen LogP contribution in [-0.2, 0) is 10.5 Å². The van der Waals surface area contributed by atoms with Gasteiger partial charge >= 0.3 is 0 Å². The maximum atomic E-state index is 10.7. The summed E-state index contributed by atoms with van der Waals surface area (Å²) < 4.78 is 2.08. The lowest BCUT2D eigenvalue weighted by Gasteiger charge is -2.02. The van der Waals surface area contributed by atoms with Crippen molar-refractivity contribution in [1.82, 2.24) is 0 Å². The predicted octanol–water partition coefficient (Wildman–Crippen LogP) is 3.99. The van der Waals surface area contributed by atoms with Gasteiger partial charge in [-0.2, -0.15) is 0 Å². The molecule has 1 rings (SSSR count). The number of carbonyl (C=O) groups is 1. The van der Waals surface area contributed by atoms with E-state index >= 15 is 0 Å². The Morgan fingerprint density at radius 2 is 2.15 bits per heavy atom. The Morgan fingerprint density at radius 3 is 2.69 bits per heavy atom. The molecule has 0 aliphatic carbocycles. The molecule has 13 heavy (non-hydrogen) atoms. The molecule has 1 aromatic carbocycles. The molecule has 0 radical (unpaired) electrons. The van der Waals surface area contributed by atoms with Crippen LogP contribution < -0.4 is 0 Å². The molecule has 70 valence electrons. The number of thioether (sulfide) groups is 1. The van der Waals surface area contributed by atoms with Crippen molar-refractivity contribution < 1.29 is 4.79 Å². The van der Waals surface area contributed by atoms with Crippen LogP contribution in [0.1, 0.15) is 12.5 Å². The van der Waals surface area contributed by atoms with Crippen LogP contribution in [0.2, 0.25) is 0 Å². The van der Waals surface area contributed by atoms with Crippen LogP contribution in [0.25, 0.3) is 0 Å². The molecule has 0 N–H and O–H groups in total. The second-order valence-electron chi connectivity index (χ2n) is 2.52. The Kier molecular flexibility index (Phi) is 4.49. The smallest absolute Gasteiger partial charge is 0.186 e. The van der Waals surface area contributed by atoms with Crippen molar-refractivity contribution in [1.29, 1.82) is 0 Å². The Bertz CT molecular complexity index is 325. The summed E-state index contributed by atoms with van der Waals surface area (Å²) in [4.78, 5) is 10.7. The molecule has 0 saturated heterocycles. The number of halogens is 2. The summed E-state index contributed by atoms with van der Waals surface area (Å²) in [6.45, 7) is 1.58. The zero-order valence-corrected chi connectivity index (χ0v) is 11.0. The minimum Gasteiger partial charge on any atom is -0.288 e. The van der Waals surface area contributed by atoms with Crippen molar-refractivity contribution in [3.63, 3.8) is 0 Å². The Morgan fingerprint density at radius 1 is 1.46 bits per heavy atom. The van der Waals surface area contributed by atoms with Gasteiger partial charge in [-0.05, 0) is 17.7 Å². The summed E-state index contributed by atoms with van der Waals surface area (Å²) in [7, 11) is 0. The average Bonchev–Trinajstić information content (AvgIpc) is 2.02. The maximum absolute atomic E-state index is 10.7. The van der Waals surface area contributed by atoms with E-state index < -0.39 is 0 Å². The maximum Gasteiger partial charge on any atom is 0.186 e. The van der Waals surface area contributed by atoms with E-state index in [4.69, 9.17) is 0 Å². The molecular weight excluding hydrogens is 316 g/mol. The van der Waals surface area contributed by atoms with Gasteiger partial charge in [0.15, 0.2) is 5.12 Å². The Balaban J connectivity index is 2.72. The third kappa shape index (κ3) is 3.83. The van der Waals surface area contributed by atoms with Gasteiger partial charge in [0, 0.05) is 21.6 Å². The number of rotatable bonds is 2. The van der Waals surface area contributed by atoms with Crippen LogP contribution in [0.5, 0.6) is 0 Å². The summed E-state index contributed by atoms with van der Waals surface area (Å²) in [5, 5.41) is 0.148. The van der Waals surface area contributed by atoms with E-state index in [1.165, 1.54) is 11.8 Å². The van der Waals surface area contributed by atoms with Gasteiger partial charge in [0.05, 0.1) is 0 Å². The van der Waals surface area contributed by atoms with Crippen molar-refractivity contribution in [2.75, 3.05) is 0 Å². The molecule has 0 aliphatic rings. The highest BCUT2D eigenvalue weighted by Crippen LogP contribution is 2.25. The molecule has 0 aromatic heterocycles.